The monoisotopic (exact) mass is 392 g/mol. The molecule has 3 aromatic heterocycles. The summed E-state index contributed by atoms with van der Waals surface area (Å²) < 4.78 is 41.7. The summed E-state index contributed by atoms with van der Waals surface area (Å²) >= 11 is 0. The van der Waals surface area contributed by atoms with Crippen LogP contribution in [0.2, 0.25) is 0 Å². The van der Waals surface area contributed by atoms with E-state index < -0.39 is 11.7 Å². The van der Waals surface area contributed by atoms with Gasteiger partial charge in [-0.2, -0.15) is 13.2 Å². The van der Waals surface area contributed by atoms with Gasteiger partial charge in [-0.05, 0) is 35.9 Å². The van der Waals surface area contributed by atoms with Crippen LogP contribution in [0.4, 0.5) is 13.2 Å². The molecule has 2 aromatic carbocycles. The summed E-state index contributed by atoms with van der Waals surface area (Å²) in [5.74, 6) is 0.490. The molecule has 4 nitrogen and oxygen atoms in total. The van der Waals surface area contributed by atoms with Crippen LogP contribution in [0.1, 0.15) is 17.0 Å². The number of alkyl halides is 3. The quantitative estimate of drug-likeness (QED) is 0.441. The lowest BCUT2D eigenvalue weighted by molar-refractivity contribution is -0.138. The Morgan fingerprint density at radius 2 is 1.76 bits per heavy atom. The van der Waals surface area contributed by atoms with E-state index in [1.807, 2.05) is 53.2 Å². The fourth-order valence-electron chi connectivity index (χ4n) is 3.51. The SMILES string of the molecule is FC(F)(F)c1ccccc1Cc1nc2ccc(-c3cn4ccccc4n3)cc2[nH]1. The second-order valence-corrected chi connectivity index (χ2v) is 6.84. The number of aromatic amines is 1. The van der Waals surface area contributed by atoms with E-state index in [0.717, 1.165) is 28.5 Å². The van der Waals surface area contributed by atoms with Crippen molar-refractivity contribution in [2.24, 2.45) is 0 Å². The lowest BCUT2D eigenvalue weighted by Gasteiger charge is -2.11. The molecule has 7 heteroatoms. The molecule has 0 amide bonds. The number of fused-ring (bicyclic) bond motifs is 2. The standard InChI is InChI=1S/C22H15F3N4/c23-22(24,25)16-6-2-1-5-14(16)12-20-26-17-9-8-15(11-18(17)27-20)19-13-29-10-4-3-7-21(29)28-19/h1-11,13H,12H2,(H,26,27). The zero-order valence-electron chi connectivity index (χ0n) is 15.1. The minimum absolute atomic E-state index is 0.0774. The van der Waals surface area contributed by atoms with E-state index in [1.165, 1.54) is 12.1 Å². The van der Waals surface area contributed by atoms with Crippen LogP contribution in [0, 0.1) is 0 Å². The van der Waals surface area contributed by atoms with Crippen LogP contribution in [0.25, 0.3) is 27.9 Å². The average Bonchev–Trinajstić information content (AvgIpc) is 3.30. The molecular weight excluding hydrogens is 377 g/mol. The van der Waals surface area contributed by atoms with Crippen molar-refractivity contribution in [1.29, 1.82) is 0 Å². The van der Waals surface area contributed by atoms with E-state index in [-0.39, 0.29) is 12.0 Å². The van der Waals surface area contributed by atoms with Gasteiger partial charge >= 0.3 is 6.18 Å². The van der Waals surface area contributed by atoms with Gasteiger partial charge in [-0.1, -0.05) is 30.3 Å². The van der Waals surface area contributed by atoms with Crippen LogP contribution in [0.15, 0.2) is 73.1 Å². The van der Waals surface area contributed by atoms with Crippen LogP contribution < -0.4 is 0 Å². The maximum absolute atomic E-state index is 13.2. The molecule has 3 heterocycles. The number of rotatable bonds is 3. The van der Waals surface area contributed by atoms with Gasteiger partial charge in [0.05, 0.1) is 22.3 Å². The van der Waals surface area contributed by atoms with Crippen LogP contribution in [0.5, 0.6) is 0 Å². The summed E-state index contributed by atoms with van der Waals surface area (Å²) in [5.41, 5.74) is 3.60. The normalized spacial score (nSPS) is 12.1. The fourth-order valence-corrected chi connectivity index (χ4v) is 3.51. The molecule has 5 aromatic rings. The van der Waals surface area contributed by atoms with Gasteiger partial charge in [0.2, 0.25) is 0 Å². The highest BCUT2D eigenvalue weighted by Gasteiger charge is 2.33. The smallest absolute Gasteiger partial charge is 0.342 e. The Labute approximate surface area is 163 Å². The van der Waals surface area contributed by atoms with Crippen LogP contribution >= 0.6 is 0 Å². The first kappa shape index (κ1) is 17.5. The number of H-pyrrole nitrogens is 1. The molecule has 0 bridgehead atoms. The van der Waals surface area contributed by atoms with Gasteiger partial charge in [-0.3, -0.25) is 0 Å². The number of nitrogens with zero attached hydrogens (tertiary/aromatic N) is 3. The molecule has 0 saturated heterocycles. The number of hydrogen-bond donors (Lipinski definition) is 1. The molecular formula is C22H15F3N4. The number of pyridine rings is 1. The molecule has 0 aliphatic heterocycles. The third-order valence-electron chi connectivity index (χ3n) is 4.87. The summed E-state index contributed by atoms with van der Waals surface area (Å²) in [6.07, 6.45) is -0.447. The maximum atomic E-state index is 13.2. The lowest BCUT2D eigenvalue weighted by atomic mass is 10.0. The summed E-state index contributed by atoms with van der Waals surface area (Å²) in [7, 11) is 0. The number of hydrogen-bond acceptors (Lipinski definition) is 2. The maximum Gasteiger partial charge on any atom is 0.416 e. The topological polar surface area (TPSA) is 46.0 Å². The number of benzene rings is 2. The summed E-state index contributed by atoms with van der Waals surface area (Å²) in [6, 6.07) is 17.1. The third kappa shape index (κ3) is 3.24. The fraction of sp³-hybridized carbons (Fsp3) is 0.0909. The van der Waals surface area contributed by atoms with Crippen molar-refractivity contribution in [3.63, 3.8) is 0 Å². The summed E-state index contributed by atoms with van der Waals surface area (Å²) in [5, 5.41) is 0. The van der Waals surface area contributed by atoms with Gasteiger partial charge in [0.1, 0.15) is 11.5 Å². The summed E-state index contributed by atoms with van der Waals surface area (Å²) in [6.45, 7) is 0. The first-order chi connectivity index (χ1) is 14.0. The Balaban J connectivity index is 1.50. The molecule has 0 aliphatic rings. The van der Waals surface area contributed by atoms with Crippen molar-refractivity contribution >= 4 is 16.7 Å². The van der Waals surface area contributed by atoms with E-state index in [1.54, 1.807) is 6.07 Å². The van der Waals surface area contributed by atoms with Crippen molar-refractivity contribution in [1.82, 2.24) is 19.4 Å². The van der Waals surface area contributed by atoms with E-state index >= 15 is 0 Å². The Kier molecular flexibility index (Phi) is 3.91. The molecule has 0 fully saturated rings. The predicted molar refractivity (Wildman–Crippen MR) is 105 cm³/mol. The first-order valence-electron chi connectivity index (χ1n) is 9.05. The van der Waals surface area contributed by atoms with Crippen molar-refractivity contribution in [3.8, 4) is 11.3 Å². The Bertz CT molecular complexity index is 1300. The van der Waals surface area contributed by atoms with Gasteiger partial charge < -0.3 is 9.38 Å². The largest absolute Gasteiger partial charge is 0.416 e. The van der Waals surface area contributed by atoms with E-state index in [9.17, 15) is 13.2 Å². The number of imidazole rings is 2. The molecule has 1 N–H and O–H groups in total. The molecule has 0 unspecified atom stereocenters. The first-order valence-corrected chi connectivity index (χ1v) is 9.05. The molecule has 0 atom stereocenters. The Morgan fingerprint density at radius 1 is 0.931 bits per heavy atom. The molecule has 0 radical (unpaired) electrons. The van der Waals surface area contributed by atoms with Crippen molar-refractivity contribution < 1.29 is 13.2 Å². The zero-order chi connectivity index (χ0) is 20.0. The van der Waals surface area contributed by atoms with Crippen molar-refractivity contribution in [3.05, 3.63) is 90.0 Å². The van der Waals surface area contributed by atoms with E-state index in [2.05, 4.69) is 15.0 Å². The number of aromatic nitrogens is 4. The third-order valence-corrected chi connectivity index (χ3v) is 4.87. The molecule has 0 aliphatic carbocycles. The van der Waals surface area contributed by atoms with Gasteiger partial charge in [0.25, 0.3) is 0 Å². The molecule has 0 saturated carbocycles. The van der Waals surface area contributed by atoms with Gasteiger partial charge in [0, 0.05) is 24.4 Å². The minimum atomic E-state index is -4.39. The van der Waals surface area contributed by atoms with Crippen molar-refractivity contribution in [2.45, 2.75) is 12.6 Å². The molecule has 0 spiro atoms. The second kappa shape index (κ2) is 6.48. The lowest BCUT2D eigenvalue weighted by Crippen LogP contribution is -2.09. The van der Waals surface area contributed by atoms with Crippen molar-refractivity contribution in [2.75, 3.05) is 0 Å². The van der Waals surface area contributed by atoms with Gasteiger partial charge in [-0.25, -0.2) is 9.97 Å². The highest BCUT2D eigenvalue weighted by atomic mass is 19.4. The Morgan fingerprint density at radius 3 is 2.59 bits per heavy atom. The molecule has 29 heavy (non-hydrogen) atoms. The van der Waals surface area contributed by atoms with Crippen LogP contribution in [-0.4, -0.2) is 19.4 Å². The van der Waals surface area contributed by atoms with E-state index in [4.69, 9.17) is 0 Å². The van der Waals surface area contributed by atoms with Gasteiger partial charge in [0.15, 0.2) is 0 Å². The molecule has 5 rings (SSSR count). The number of halogens is 3. The van der Waals surface area contributed by atoms with Crippen LogP contribution in [-0.2, 0) is 12.6 Å². The van der Waals surface area contributed by atoms with E-state index in [0.29, 0.717) is 11.3 Å². The number of nitrogens with one attached hydrogen (secondary N) is 1. The Hall–Kier alpha value is -3.61. The highest BCUT2D eigenvalue weighted by molar-refractivity contribution is 5.81. The molecule has 144 valence electrons. The highest BCUT2D eigenvalue weighted by Crippen LogP contribution is 2.33. The zero-order valence-corrected chi connectivity index (χ0v) is 15.1. The second-order valence-electron chi connectivity index (χ2n) is 6.84. The van der Waals surface area contributed by atoms with Crippen LogP contribution in [0.3, 0.4) is 0 Å². The predicted octanol–water partition coefficient (Wildman–Crippen LogP) is 5.49. The average molecular weight is 392 g/mol. The summed E-state index contributed by atoms with van der Waals surface area (Å²) in [4.78, 5) is 12.2. The minimum Gasteiger partial charge on any atom is -0.342 e. The van der Waals surface area contributed by atoms with Gasteiger partial charge in [-0.15, -0.1) is 0 Å².